The third kappa shape index (κ3) is 7.00. The minimum absolute atomic E-state index is 0.0598. The third-order valence-corrected chi connectivity index (χ3v) is 5.41. The molecule has 2 aromatic carbocycles. The predicted molar refractivity (Wildman–Crippen MR) is 123 cm³/mol. The Hall–Kier alpha value is -3.04. The van der Waals surface area contributed by atoms with Crippen LogP contribution >= 0.6 is 23.4 Å². The number of aromatic nitrogens is 2. The van der Waals surface area contributed by atoms with Gasteiger partial charge >= 0.3 is 0 Å². The van der Waals surface area contributed by atoms with Gasteiger partial charge in [0.25, 0.3) is 11.1 Å². The SMILES string of the molecule is Cc1cc(C)c(NC(=O)CSc2nnc(CNC(=O)COc3ccc(Cl)cc3)o2)c(C)c1. The van der Waals surface area contributed by atoms with E-state index in [2.05, 4.69) is 20.8 Å². The molecule has 0 aliphatic heterocycles. The van der Waals surface area contributed by atoms with Crippen LogP contribution in [0.1, 0.15) is 22.6 Å². The molecule has 0 aliphatic carbocycles. The highest BCUT2D eigenvalue weighted by Crippen LogP contribution is 2.23. The number of thioether (sulfide) groups is 1. The molecule has 1 aromatic heterocycles. The Morgan fingerprint density at radius 3 is 2.44 bits per heavy atom. The summed E-state index contributed by atoms with van der Waals surface area (Å²) >= 11 is 6.93. The summed E-state index contributed by atoms with van der Waals surface area (Å²) in [6, 6.07) is 10.7. The average Bonchev–Trinajstić information content (AvgIpc) is 3.21. The Labute approximate surface area is 195 Å². The van der Waals surface area contributed by atoms with Gasteiger partial charge in [-0.15, -0.1) is 10.2 Å². The van der Waals surface area contributed by atoms with Gasteiger partial charge < -0.3 is 19.8 Å². The first-order valence-electron chi connectivity index (χ1n) is 9.78. The number of hydrogen-bond acceptors (Lipinski definition) is 7. The van der Waals surface area contributed by atoms with Gasteiger partial charge in [-0.2, -0.15) is 0 Å². The number of nitrogens with one attached hydrogen (secondary N) is 2. The third-order valence-electron chi connectivity index (χ3n) is 4.34. The molecule has 168 valence electrons. The molecule has 0 aliphatic rings. The maximum Gasteiger partial charge on any atom is 0.277 e. The number of rotatable bonds is 9. The van der Waals surface area contributed by atoms with Crippen molar-refractivity contribution in [2.24, 2.45) is 0 Å². The zero-order chi connectivity index (χ0) is 23.1. The zero-order valence-corrected chi connectivity index (χ0v) is 19.5. The molecule has 10 heteroatoms. The Bertz CT molecular complexity index is 1080. The maximum absolute atomic E-state index is 12.3. The second-order valence-corrected chi connectivity index (χ2v) is 8.45. The molecule has 2 N–H and O–H groups in total. The van der Waals surface area contributed by atoms with Gasteiger partial charge in [0.15, 0.2) is 6.61 Å². The fourth-order valence-electron chi connectivity index (χ4n) is 2.95. The fourth-order valence-corrected chi connectivity index (χ4v) is 3.66. The van der Waals surface area contributed by atoms with Crippen LogP contribution in [0.25, 0.3) is 0 Å². The number of halogens is 1. The van der Waals surface area contributed by atoms with E-state index < -0.39 is 0 Å². The zero-order valence-electron chi connectivity index (χ0n) is 17.9. The number of hydrogen-bond donors (Lipinski definition) is 2. The quantitative estimate of drug-likeness (QED) is 0.450. The van der Waals surface area contributed by atoms with E-state index in [9.17, 15) is 9.59 Å². The standard InChI is InChI=1S/C22H23ClN4O4S/c1-13-8-14(2)21(15(3)9-13)25-19(29)12-32-22-27-26-20(31-22)10-24-18(28)11-30-17-6-4-16(23)5-7-17/h4-9H,10-12H2,1-3H3,(H,24,28)(H,25,29). The fraction of sp³-hybridized carbons (Fsp3) is 0.273. The molecule has 0 fully saturated rings. The van der Waals surface area contributed by atoms with Crippen LogP contribution in [0.2, 0.25) is 5.02 Å². The van der Waals surface area contributed by atoms with Gasteiger partial charge in [0, 0.05) is 10.7 Å². The molecule has 8 nitrogen and oxygen atoms in total. The van der Waals surface area contributed by atoms with Crippen LogP contribution in [-0.2, 0) is 16.1 Å². The van der Waals surface area contributed by atoms with Crippen molar-refractivity contribution in [2.75, 3.05) is 17.7 Å². The predicted octanol–water partition coefficient (Wildman–Crippen LogP) is 4.07. The summed E-state index contributed by atoms with van der Waals surface area (Å²) in [5.41, 5.74) is 3.98. The van der Waals surface area contributed by atoms with Crippen molar-refractivity contribution < 1.29 is 18.7 Å². The van der Waals surface area contributed by atoms with Crippen LogP contribution in [0.5, 0.6) is 5.75 Å². The molecule has 0 unspecified atom stereocenters. The summed E-state index contributed by atoms with van der Waals surface area (Å²) in [6.07, 6.45) is 0. The van der Waals surface area contributed by atoms with Crippen LogP contribution < -0.4 is 15.4 Å². The van der Waals surface area contributed by atoms with Crippen molar-refractivity contribution >= 4 is 40.9 Å². The average molecular weight is 475 g/mol. The Morgan fingerprint density at radius 1 is 1.06 bits per heavy atom. The van der Waals surface area contributed by atoms with Crippen molar-refractivity contribution in [2.45, 2.75) is 32.5 Å². The Balaban J connectivity index is 1.41. The monoisotopic (exact) mass is 474 g/mol. The van der Waals surface area contributed by atoms with E-state index in [0.29, 0.717) is 10.8 Å². The second-order valence-electron chi connectivity index (χ2n) is 7.09. The minimum Gasteiger partial charge on any atom is -0.484 e. The summed E-state index contributed by atoms with van der Waals surface area (Å²) < 4.78 is 10.8. The summed E-state index contributed by atoms with van der Waals surface area (Å²) in [4.78, 5) is 24.2. The van der Waals surface area contributed by atoms with Crippen molar-refractivity contribution in [1.29, 1.82) is 0 Å². The summed E-state index contributed by atoms with van der Waals surface area (Å²) in [5.74, 6) is 0.386. The van der Waals surface area contributed by atoms with Crippen LogP contribution in [0.4, 0.5) is 5.69 Å². The number of nitrogens with zero attached hydrogens (tertiary/aromatic N) is 2. The van der Waals surface area contributed by atoms with Crippen molar-refractivity contribution in [3.05, 3.63) is 64.0 Å². The summed E-state index contributed by atoms with van der Waals surface area (Å²) in [5, 5.41) is 14.2. The molecule has 32 heavy (non-hydrogen) atoms. The van der Waals surface area contributed by atoms with Gasteiger partial charge in [-0.1, -0.05) is 41.1 Å². The first-order chi connectivity index (χ1) is 15.3. The van der Waals surface area contributed by atoms with Crippen LogP contribution in [-0.4, -0.2) is 34.4 Å². The second kappa shape index (κ2) is 11.0. The van der Waals surface area contributed by atoms with Gasteiger partial charge in [-0.3, -0.25) is 9.59 Å². The first kappa shape index (κ1) is 23.6. The largest absolute Gasteiger partial charge is 0.484 e. The van der Waals surface area contributed by atoms with Crippen molar-refractivity contribution in [3.63, 3.8) is 0 Å². The molecule has 0 saturated carbocycles. The minimum atomic E-state index is -0.337. The smallest absolute Gasteiger partial charge is 0.277 e. The molecule has 2 amide bonds. The lowest BCUT2D eigenvalue weighted by Gasteiger charge is -2.12. The van der Waals surface area contributed by atoms with E-state index >= 15 is 0 Å². The van der Waals surface area contributed by atoms with E-state index in [1.807, 2.05) is 32.9 Å². The van der Waals surface area contributed by atoms with E-state index in [0.717, 1.165) is 34.1 Å². The molecule has 0 bridgehead atoms. The Morgan fingerprint density at radius 2 is 1.75 bits per heavy atom. The molecule has 1 heterocycles. The van der Waals surface area contributed by atoms with Crippen molar-refractivity contribution in [1.82, 2.24) is 15.5 Å². The molecule has 3 aromatic rings. The van der Waals surface area contributed by atoms with Gasteiger partial charge in [-0.05, 0) is 56.2 Å². The highest BCUT2D eigenvalue weighted by molar-refractivity contribution is 7.99. The lowest BCUT2D eigenvalue weighted by molar-refractivity contribution is -0.123. The van der Waals surface area contributed by atoms with Crippen LogP contribution in [0.3, 0.4) is 0 Å². The maximum atomic E-state index is 12.3. The van der Waals surface area contributed by atoms with E-state index in [4.69, 9.17) is 20.8 Å². The lowest BCUT2D eigenvalue weighted by atomic mass is 10.1. The summed E-state index contributed by atoms with van der Waals surface area (Å²) in [6.45, 7) is 5.84. The number of amides is 2. The topological polar surface area (TPSA) is 106 Å². The number of carbonyl (C=O) groups is 2. The number of aryl methyl sites for hydroxylation is 3. The van der Waals surface area contributed by atoms with Crippen LogP contribution in [0, 0.1) is 20.8 Å². The first-order valence-corrected chi connectivity index (χ1v) is 11.1. The molecule has 0 spiro atoms. The number of ether oxygens (including phenoxy) is 1. The van der Waals surface area contributed by atoms with Crippen LogP contribution in [0.15, 0.2) is 46.0 Å². The van der Waals surface area contributed by atoms with Gasteiger partial charge in [0.2, 0.25) is 11.8 Å². The van der Waals surface area contributed by atoms with Crippen molar-refractivity contribution in [3.8, 4) is 5.75 Å². The van der Waals surface area contributed by atoms with E-state index in [-0.39, 0.29) is 41.8 Å². The molecule has 0 radical (unpaired) electrons. The normalized spacial score (nSPS) is 10.6. The highest BCUT2D eigenvalue weighted by Gasteiger charge is 2.13. The number of benzene rings is 2. The van der Waals surface area contributed by atoms with E-state index in [1.165, 1.54) is 0 Å². The molecule has 3 rings (SSSR count). The molecule has 0 saturated heterocycles. The van der Waals surface area contributed by atoms with Gasteiger partial charge in [-0.25, -0.2) is 0 Å². The number of carbonyl (C=O) groups excluding carboxylic acids is 2. The molecule has 0 atom stereocenters. The number of anilines is 1. The Kier molecular flexibility index (Phi) is 8.13. The van der Waals surface area contributed by atoms with E-state index in [1.54, 1.807) is 24.3 Å². The molecular formula is C22H23ClN4O4S. The lowest BCUT2D eigenvalue weighted by Crippen LogP contribution is -2.28. The van der Waals surface area contributed by atoms with Gasteiger partial charge in [0.05, 0.1) is 12.3 Å². The molecular weight excluding hydrogens is 452 g/mol. The summed E-state index contributed by atoms with van der Waals surface area (Å²) in [7, 11) is 0. The van der Waals surface area contributed by atoms with Gasteiger partial charge in [0.1, 0.15) is 5.75 Å². The highest BCUT2D eigenvalue weighted by atomic mass is 35.5.